The van der Waals surface area contributed by atoms with E-state index in [9.17, 15) is 14.7 Å². The van der Waals surface area contributed by atoms with E-state index in [1.807, 2.05) is 24.3 Å². The molecule has 0 fully saturated rings. The van der Waals surface area contributed by atoms with Crippen molar-refractivity contribution in [3.8, 4) is 28.7 Å². The zero-order valence-corrected chi connectivity index (χ0v) is 21.0. The van der Waals surface area contributed by atoms with Gasteiger partial charge < -0.3 is 33.8 Å². The van der Waals surface area contributed by atoms with E-state index < -0.39 is 11.5 Å². The van der Waals surface area contributed by atoms with Crippen LogP contribution in [0.25, 0.3) is 11.0 Å². The van der Waals surface area contributed by atoms with E-state index >= 15 is 0 Å². The van der Waals surface area contributed by atoms with Crippen molar-refractivity contribution in [2.75, 3.05) is 27.6 Å². The summed E-state index contributed by atoms with van der Waals surface area (Å²) in [5.74, 6) is 0.637. The molecular weight excluding hydrogens is 490 g/mol. The molecule has 1 aromatic heterocycles. The Hall–Kier alpha value is -4.66. The number of amides is 1. The number of methoxy groups -OCH3 is 2. The Labute approximate surface area is 218 Å². The summed E-state index contributed by atoms with van der Waals surface area (Å²) in [6.07, 6.45) is 0.490. The van der Waals surface area contributed by atoms with Gasteiger partial charge in [-0.2, -0.15) is 0 Å². The van der Waals surface area contributed by atoms with Crippen LogP contribution in [-0.4, -0.2) is 38.6 Å². The van der Waals surface area contributed by atoms with Gasteiger partial charge in [-0.25, -0.2) is 4.79 Å². The first-order valence-electron chi connectivity index (χ1n) is 12.1. The number of ether oxygens (including phenoxy) is 4. The molecule has 0 saturated carbocycles. The Bertz CT molecular complexity index is 1530. The van der Waals surface area contributed by atoms with Gasteiger partial charge in [-0.15, -0.1) is 0 Å². The fourth-order valence-electron chi connectivity index (χ4n) is 4.59. The Morgan fingerprint density at radius 3 is 2.61 bits per heavy atom. The van der Waals surface area contributed by atoms with Crippen LogP contribution in [0.15, 0.2) is 69.9 Å². The van der Waals surface area contributed by atoms with Crippen molar-refractivity contribution in [2.24, 2.45) is 0 Å². The highest BCUT2D eigenvalue weighted by Crippen LogP contribution is 2.45. The van der Waals surface area contributed by atoms with Crippen LogP contribution >= 0.6 is 0 Å². The molecule has 5 rings (SSSR count). The van der Waals surface area contributed by atoms with Gasteiger partial charge >= 0.3 is 5.63 Å². The number of nitrogens with one attached hydrogen (secondary N) is 1. The summed E-state index contributed by atoms with van der Waals surface area (Å²) in [6, 6.07) is 17.7. The molecule has 196 valence electrons. The molecule has 9 heteroatoms. The maximum absolute atomic E-state index is 13.1. The van der Waals surface area contributed by atoms with Crippen LogP contribution in [0.2, 0.25) is 0 Å². The first kappa shape index (κ1) is 25.0. The van der Waals surface area contributed by atoms with Gasteiger partial charge in [0.2, 0.25) is 18.4 Å². The molecule has 0 unspecified atom stereocenters. The molecule has 2 N–H and O–H groups in total. The molecule has 1 aliphatic heterocycles. The fraction of sp³-hybridized carbons (Fsp3) is 0.241. The van der Waals surface area contributed by atoms with Crippen LogP contribution in [0.4, 0.5) is 0 Å². The highest BCUT2D eigenvalue weighted by molar-refractivity contribution is 5.85. The van der Waals surface area contributed by atoms with Crippen LogP contribution in [0.1, 0.15) is 29.0 Å². The van der Waals surface area contributed by atoms with Gasteiger partial charge in [-0.05, 0) is 53.9 Å². The molecule has 9 nitrogen and oxygen atoms in total. The Balaban J connectivity index is 1.46. The zero-order chi connectivity index (χ0) is 26.6. The first-order chi connectivity index (χ1) is 18.5. The van der Waals surface area contributed by atoms with E-state index in [-0.39, 0.29) is 36.0 Å². The van der Waals surface area contributed by atoms with E-state index in [0.29, 0.717) is 41.2 Å². The lowest BCUT2D eigenvalue weighted by Crippen LogP contribution is -2.28. The molecule has 2 heterocycles. The highest BCUT2D eigenvalue weighted by atomic mass is 16.7. The number of hydrogen-bond donors (Lipinski definition) is 2. The van der Waals surface area contributed by atoms with Gasteiger partial charge in [0.05, 0.1) is 25.2 Å². The van der Waals surface area contributed by atoms with Crippen molar-refractivity contribution < 1.29 is 33.3 Å². The predicted molar refractivity (Wildman–Crippen MR) is 139 cm³/mol. The van der Waals surface area contributed by atoms with Crippen LogP contribution in [0.5, 0.6) is 28.7 Å². The van der Waals surface area contributed by atoms with Crippen LogP contribution in [0, 0.1) is 0 Å². The second-order valence-corrected chi connectivity index (χ2v) is 8.81. The molecule has 1 aliphatic rings. The van der Waals surface area contributed by atoms with Gasteiger partial charge in [0.15, 0.2) is 11.5 Å². The van der Waals surface area contributed by atoms with Gasteiger partial charge in [0, 0.05) is 18.9 Å². The average Bonchev–Trinajstić information content (AvgIpc) is 3.41. The lowest BCUT2D eigenvalue weighted by Gasteiger charge is -2.20. The number of aromatic hydroxyl groups is 1. The summed E-state index contributed by atoms with van der Waals surface area (Å²) in [5.41, 5.74) is 1.08. The topological polar surface area (TPSA) is 116 Å². The molecule has 3 aromatic carbocycles. The molecule has 38 heavy (non-hydrogen) atoms. The van der Waals surface area contributed by atoms with Crippen LogP contribution < -0.4 is 29.9 Å². The predicted octanol–water partition coefficient (Wildman–Crippen LogP) is 4.13. The number of fused-ring (bicyclic) bond motifs is 2. The van der Waals surface area contributed by atoms with Gasteiger partial charge in [-0.1, -0.05) is 24.3 Å². The van der Waals surface area contributed by atoms with Crippen molar-refractivity contribution in [3.63, 3.8) is 0 Å². The summed E-state index contributed by atoms with van der Waals surface area (Å²) >= 11 is 0. The van der Waals surface area contributed by atoms with E-state index in [1.165, 1.54) is 7.11 Å². The summed E-state index contributed by atoms with van der Waals surface area (Å²) in [6.45, 7) is 0.412. The first-order valence-corrected chi connectivity index (χ1v) is 12.1. The van der Waals surface area contributed by atoms with Gasteiger partial charge in [0.1, 0.15) is 17.1 Å². The minimum atomic E-state index is -0.847. The van der Waals surface area contributed by atoms with E-state index in [4.69, 9.17) is 23.4 Å². The van der Waals surface area contributed by atoms with Crippen LogP contribution in [-0.2, 0) is 11.2 Å². The third-order valence-electron chi connectivity index (χ3n) is 6.54. The van der Waals surface area contributed by atoms with E-state index in [2.05, 4.69) is 5.32 Å². The monoisotopic (exact) mass is 517 g/mol. The number of carbonyl (C=O) groups is 1. The van der Waals surface area contributed by atoms with Crippen molar-refractivity contribution in [3.05, 3.63) is 87.8 Å². The largest absolute Gasteiger partial charge is 0.507 e. The zero-order valence-electron chi connectivity index (χ0n) is 21.0. The number of rotatable bonds is 9. The number of carbonyl (C=O) groups excluding carboxylic acids is 1. The minimum Gasteiger partial charge on any atom is -0.507 e. The van der Waals surface area contributed by atoms with Gasteiger partial charge in [-0.3, -0.25) is 4.79 Å². The molecule has 0 spiro atoms. The van der Waals surface area contributed by atoms with Crippen LogP contribution in [0.3, 0.4) is 0 Å². The van der Waals surface area contributed by atoms with E-state index in [1.54, 1.807) is 43.5 Å². The molecule has 0 bridgehead atoms. The molecular formula is C29H27NO8. The average molecular weight is 518 g/mol. The molecule has 0 radical (unpaired) electrons. The second kappa shape index (κ2) is 10.8. The number of hydrogen-bond acceptors (Lipinski definition) is 8. The third kappa shape index (κ3) is 4.95. The third-order valence-corrected chi connectivity index (χ3v) is 6.54. The van der Waals surface area contributed by atoms with Crippen molar-refractivity contribution in [2.45, 2.75) is 18.8 Å². The SMILES string of the molecule is COc1ccc(CCNC(=O)C[C@@H](c2cc(OC)c3c(c2)OCO3)c2c(O)c3ccccc3oc2=O)cc1. The summed E-state index contributed by atoms with van der Waals surface area (Å²) in [5, 5.41) is 14.5. The summed E-state index contributed by atoms with van der Waals surface area (Å²) < 4.78 is 27.2. The Kier molecular flexibility index (Phi) is 7.08. The lowest BCUT2D eigenvalue weighted by molar-refractivity contribution is -0.121. The molecule has 4 aromatic rings. The normalized spacial score (nSPS) is 12.8. The quantitative estimate of drug-likeness (QED) is 0.319. The standard InChI is InChI=1S/C29H27NO8/c1-34-19-9-7-17(8-10-19)11-12-30-25(31)15-21(18-13-23(35-2)28-24(14-18)36-16-37-28)26-27(32)20-5-3-4-6-22(20)38-29(26)33/h3-10,13-14,21,32H,11-12,15-16H2,1-2H3,(H,30,31)/t21-/m0/s1. The molecule has 0 saturated heterocycles. The molecule has 0 aliphatic carbocycles. The molecule has 1 amide bonds. The van der Waals surface area contributed by atoms with Gasteiger partial charge in [0.25, 0.3) is 0 Å². The smallest absolute Gasteiger partial charge is 0.343 e. The number of para-hydroxylation sites is 1. The van der Waals surface area contributed by atoms with Crippen molar-refractivity contribution in [1.82, 2.24) is 5.32 Å². The summed E-state index contributed by atoms with van der Waals surface area (Å²) in [4.78, 5) is 26.3. The fourth-order valence-corrected chi connectivity index (χ4v) is 4.59. The highest BCUT2D eigenvalue weighted by Gasteiger charge is 2.30. The molecule has 1 atom stereocenters. The lowest BCUT2D eigenvalue weighted by atomic mass is 9.87. The van der Waals surface area contributed by atoms with E-state index in [0.717, 1.165) is 11.3 Å². The second-order valence-electron chi connectivity index (χ2n) is 8.81. The number of benzene rings is 3. The maximum Gasteiger partial charge on any atom is 0.343 e. The maximum atomic E-state index is 13.1. The summed E-state index contributed by atoms with van der Waals surface area (Å²) in [7, 11) is 3.10. The Morgan fingerprint density at radius 2 is 1.84 bits per heavy atom. The van der Waals surface area contributed by atoms with Crippen molar-refractivity contribution in [1.29, 1.82) is 0 Å². The minimum absolute atomic E-state index is 0.0186. The Morgan fingerprint density at radius 1 is 1.05 bits per heavy atom. The van der Waals surface area contributed by atoms with Crippen molar-refractivity contribution >= 4 is 16.9 Å².